The molecule has 0 spiro atoms. The van der Waals surface area contributed by atoms with E-state index in [1.807, 2.05) is 47.7 Å². The van der Waals surface area contributed by atoms with Gasteiger partial charge >= 0.3 is 0 Å². The van der Waals surface area contributed by atoms with Crippen molar-refractivity contribution < 1.29 is 34.4 Å². The molecular formula is C41H52IrNO3Si-. The number of aliphatic hydroxyl groups excluding tert-OH is 1. The summed E-state index contributed by atoms with van der Waals surface area (Å²) in [6.45, 7) is 25.5. The predicted molar refractivity (Wildman–Crippen MR) is 199 cm³/mol. The molecule has 0 aliphatic heterocycles. The van der Waals surface area contributed by atoms with E-state index in [1.54, 1.807) is 0 Å². The number of benzene rings is 3. The molecule has 1 radical (unpaired) electrons. The van der Waals surface area contributed by atoms with Crippen molar-refractivity contribution in [2.75, 3.05) is 0 Å². The van der Waals surface area contributed by atoms with E-state index < -0.39 is 8.07 Å². The van der Waals surface area contributed by atoms with Gasteiger partial charge in [0.1, 0.15) is 16.9 Å². The molecule has 0 saturated heterocycles. The molecule has 0 amide bonds. The van der Waals surface area contributed by atoms with Gasteiger partial charge in [-0.1, -0.05) is 128 Å². The summed E-state index contributed by atoms with van der Waals surface area (Å²) in [7, 11) is -1.42. The topological polar surface area (TPSA) is 63.3 Å². The summed E-state index contributed by atoms with van der Waals surface area (Å²) in [6.07, 6.45) is 4.88. The maximum absolute atomic E-state index is 11.8. The van der Waals surface area contributed by atoms with Crippen LogP contribution in [0.5, 0.6) is 0 Å². The van der Waals surface area contributed by atoms with Gasteiger partial charge in [-0.15, -0.1) is 29.1 Å². The van der Waals surface area contributed by atoms with Gasteiger partial charge in [-0.3, -0.25) is 9.78 Å². The molecule has 0 aliphatic carbocycles. The fourth-order valence-electron chi connectivity index (χ4n) is 5.21. The fourth-order valence-corrected chi connectivity index (χ4v) is 6.36. The van der Waals surface area contributed by atoms with E-state index in [0.717, 1.165) is 51.4 Å². The molecule has 0 bridgehead atoms. The minimum Gasteiger partial charge on any atom is -0.512 e. The van der Waals surface area contributed by atoms with Crippen LogP contribution in [0.1, 0.15) is 80.7 Å². The second kappa shape index (κ2) is 14.2. The van der Waals surface area contributed by atoms with E-state index >= 15 is 0 Å². The Morgan fingerprint density at radius 3 is 2.11 bits per heavy atom. The Morgan fingerprint density at radius 1 is 0.872 bits per heavy atom. The Hall–Kier alpha value is -3.05. The van der Waals surface area contributed by atoms with Crippen LogP contribution in [-0.2, 0) is 30.3 Å². The number of hydrogen-bond acceptors (Lipinski definition) is 4. The van der Waals surface area contributed by atoms with Crippen LogP contribution in [-0.4, -0.2) is 23.9 Å². The van der Waals surface area contributed by atoms with Gasteiger partial charge in [-0.25, -0.2) is 0 Å². The van der Waals surface area contributed by atoms with Gasteiger partial charge in [0.15, 0.2) is 5.78 Å². The first-order valence-corrected chi connectivity index (χ1v) is 20.0. The third-order valence-corrected chi connectivity index (χ3v) is 11.5. The number of pyridine rings is 1. The Balaban J connectivity index is 0.000000322. The molecule has 47 heavy (non-hydrogen) atoms. The second-order valence-electron chi connectivity index (χ2n) is 15.9. The van der Waals surface area contributed by atoms with Crippen LogP contribution in [0.15, 0.2) is 77.0 Å². The maximum atomic E-state index is 11.8. The van der Waals surface area contributed by atoms with E-state index in [0.29, 0.717) is 0 Å². The van der Waals surface area contributed by atoms with E-state index in [9.17, 15) is 9.90 Å². The van der Waals surface area contributed by atoms with Crippen molar-refractivity contribution in [3.8, 4) is 11.3 Å². The Bertz CT molecular complexity index is 1920. The summed E-state index contributed by atoms with van der Waals surface area (Å²) in [5.41, 5.74) is 4.26. The van der Waals surface area contributed by atoms with E-state index in [-0.39, 0.29) is 47.9 Å². The zero-order chi connectivity index (χ0) is 34.2. The van der Waals surface area contributed by atoms with E-state index in [2.05, 4.69) is 101 Å². The van der Waals surface area contributed by atoms with Crippen LogP contribution in [0.25, 0.3) is 44.0 Å². The number of ketones is 1. The first kappa shape index (κ1) is 38.4. The molecule has 2 aromatic heterocycles. The SMILES string of the molecule is CC(C)(C)c1cc(-c2nccc3c2oc2cc([Si](C)(C)C)ccc23)[c-]c2ccccc12.CCC(C)(C)C(=O)/C=C(\O)C(C)(C)CC.[Ir]. The standard InChI is InChI=1S/C28H28NOSi.C13H24O2.Ir/c1-28(2,3)24-16-19(15-18-9-7-8-10-21(18)24)26-27-23(13-14-29-26)22-12-11-20(31(4,5)6)17-25(22)30-27;1-7-12(3,4)10(14)9-11(15)13(5,6)8-2;/h7-14,16-17H,1-6H3;9,14H,7-8H2,1-6H3;/q-1;;/b;10-9-;. The van der Waals surface area contributed by atoms with Crippen LogP contribution in [0.3, 0.4) is 0 Å². The quantitative estimate of drug-likeness (QED) is 0.0768. The fraction of sp³-hybridized carbons (Fsp3) is 0.415. The van der Waals surface area contributed by atoms with Gasteiger partial charge < -0.3 is 9.52 Å². The number of rotatable bonds is 7. The largest absolute Gasteiger partial charge is 0.512 e. The van der Waals surface area contributed by atoms with Gasteiger partial charge in [0.05, 0.1) is 8.07 Å². The number of allylic oxidation sites excluding steroid dienone is 2. The van der Waals surface area contributed by atoms with Crippen molar-refractivity contribution in [3.05, 3.63) is 84.3 Å². The number of carbonyl (C=O) groups excluding carboxylic acids is 1. The van der Waals surface area contributed by atoms with Gasteiger partial charge in [-0.05, 0) is 30.4 Å². The Labute approximate surface area is 296 Å². The van der Waals surface area contributed by atoms with Crippen LogP contribution >= 0.6 is 0 Å². The normalized spacial score (nSPS) is 13.0. The van der Waals surface area contributed by atoms with Gasteiger partial charge in [0.25, 0.3) is 0 Å². The average molecular weight is 827 g/mol. The van der Waals surface area contributed by atoms with Crippen LogP contribution < -0.4 is 5.19 Å². The molecule has 0 unspecified atom stereocenters. The first-order valence-electron chi connectivity index (χ1n) is 16.5. The molecule has 6 heteroatoms. The minimum absolute atomic E-state index is 0. The van der Waals surface area contributed by atoms with Gasteiger partial charge in [0.2, 0.25) is 0 Å². The zero-order valence-electron chi connectivity index (χ0n) is 30.3. The molecule has 3 aromatic carbocycles. The van der Waals surface area contributed by atoms with Crippen molar-refractivity contribution in [1.29, 1.82) is 0 Å². The molecule has 0 saturated carbocycles. The summed E-state index contributed by atoms with van der Waals surface area (Å²) < 4.78 is 6.45. The summed E-state index contributed by atoms with van der Waals surface area (Å²) in [6, 6.07) is 23.1. The molecule has 1 N–H and O–H groups in total. The van der Waals surface area contributed by atoms with Crippen LogP contribution in [0.2, 0.25) is 19.6 Å². The molecule has 0 aliphatic rings. The number of furan rings is 1. The Morgan fingerprint density at radius 2 is 1.51 bits per heavy atom. The molecule has 2 heterocycles. The molecule has 5 aromatic rings. The van der Waals surface area contributed by atoms with Crippen molar-refractivity contribution in [2.24, 2.45) is 10.8 Å². The van der Waals surface area contributed by atoms with Gasteiger partial charge in [-0.2, -0.15) is 0 Å². The predicted octanol–water partition coefficient (Wildman–Crippen LogP) is 11.3. The molecule has 4 nitrogen and oxygen atoms in total. The monoisotopic (exact) mass is 827 g/mol. The third-order valence-electron chi connectivity index (χ3n) is 9.49. The van der Waals surface area contributed by atoms with E-state index in [4.69, 9.17) is 9.40 Å². The summed E-state index contributed by atoms with van der Waals surface area (Å²) in [5, 5.41) is 15.9. The van der Waals surface area contributed by atoms with E-state index in [1.165, 1.54) is 22.2 Å². The number of hydrogen-bond donors (Lipinski definition) is 1. The number of aliphatic hydroxyl groups is 1. The zero-order valence-corrected chi connectivity index (χ0v) is 33.7. The van der Waals surface area contributed by atoms with Gasteiger partial charge in [0, 0.05) is 59.7 Å². The molecule has 0 fully saturated rings. The van der Waals surface area contributed by atoms with Crippen LogP contribution in [0.4, 0.5) is 0 Å². The summed E-state index contributed by atoms with van der Waals surface area (Å²) >= 11 is 0. The van der Waals surface area contributed by atoms with Crippen LogP contribution in [0, 0.1) is 16.9 Å². The molecule has 253 valence electrons. The number of nitrogens with zero attached hydrogens (tertiary/aromatic N) is 1. The smallest absolute Gasteiger partial charge is 0.164 e. The van der Waals surface area contributed by atoms with Crippen molar-refractivity contribution in [1.82, 2.24) is 4.98 Å². The van der Waals surface area contributed by atoms with Crippen molar-refractivity contribution in [2.45, 2.75) is 100 Å². The Kier molecular flexibility index (Phi) is 11.6. The maximum Gasteiger partial charge on any atom is 0.164 e. The van der Waals surface area contributed by atoms with Crippen molar-refractivity contribution in [3.63, 3.8) is 0 Å². The third kappa shape index (κ3) is 8.33. The molecule has 5 rings (SSSR count). The second-order valence-corrected chi connectivity index (χ2v) is 20.9. The molecular weight excluding hydrogens is 775 g/mol. The van der Waals surface area contributed by atoms with Crippen molar-refractivity contribution >= 4 is 51.8 Å². The number of carbonyl (C=O) groups is 1. The summed E-state index contributed by atoms with van der Waals surface area (Å²) in [4.78, 5) is 16.6. The minimum atomic E-state index is -1.42. The molecule has 0 atom stereocenters. The summed E-state index contributed by atoms with van der Waals surface area (Å²) in [5.74, 6) is 0.195. The average Bonchev–Trinajstić information content (AvgIpc) is 3.38. The number of aromatic nitrogens is 1. The number of fused-ring (bicyclic) bond motifs is 4. The first-order chi connectivity index (χ1) is 21.3.